The van der Waals surface area contributed by atoms with Crippen molar-refractivity contribution in [2.75, 3.05) is 13.7 Å². The molecule has 1 saturated heterocycles. The normalized spacial score (nSPS) is 19.6. The zero-order chi connectivity index (χ0) is 26.9. The number of benzene rings is 1. The molecule has 0 bridgehead atoms. The molecule has 0 aliphatic carbocycles. The summed E-state index contributed by atoms with van der Waals surface area (Å²) in [6.07, 6.45) is 7.43. The molecule has 2 amide bonds. The monoisotopic (exact) mass is 498 g/mol. The fourth-order valence-electron chi connectivity index (χ4n) is 4.59. The van der Waals surface area contributed by atoms with E-state index in [4.69, 9.17) is 9.47 Å². The smallest absolute Gasteiger partial charge is 0.410 e. The van der Waals surface area contributed by atoms with Gasteiger partial charge in [0.25, 0.3) is 0 Å². The number of likely N-dealkylation sites (tertiary alicyclic amines) is 1. The Morgan fingerprint density at radius 2 is 1.86 bits per heavy atom. The van der Waals surface area contributed by atoms with E-state index < -0.39 is 29.7 Å². The molecule has 1 aromatic rings. The van der Waals surface area contributed by atoms with Gasteiger partial charge in [-0.25, -0.2) is 9.59 Å². The van der Waals surface area contributed by atoms with E-state index >= 15 is 0 Å². The number of esters is 1. The molecule has 2 rings (SSSR count). The molecule has 198 valence electrons. The Labute approximate surface area is 216 Å². The number of amides is 2. The quantitative estimate of drug-likeness (QED) is 0.329. The molecule has 0 saturated carbocycles. The molecule has 7 nitrogen and oxygen atoms in total. The number of hydrogen-bond donors (Lipinski definition) is 0. The minimum atomic E-state index is -0.858. The molecule has 1 aliphatic rings. The van der Waals surface area contributed by atoms with Crippen LogP contribution in [0.5, 0.6) is 0 Å². The van der Waals surface area contributed by atoms with Crippen molar-refractivity contribution in [1.82, 2.24) is 9.80 Å². The van der Waals surface area contributed by atoms with Crippen LogP contribution in [0.3, 0.4) is 0 Å². The summed E-state index contributed by atoms with van der Waals surface area (Å²) in [4.78, 5) is 43.8. The van der Waals surface area contributed by atoms with E-state index in [1.165, 1.54) is 12.0 Å². The minimum absolute atomic E-state index is 0.254. The predicted octanol–water partition coefficient (Wildman–Crippen LogP) is 5.16. The number of allylic oxidation sites excluding steroid dienone is 1. The van der Waals surface area contributed by atoms with E-state index in [1.807, 2.05) is 56.3 Å². The molecule has 0 spiro atoms. The van der Waals surface area contributed by atoms with Crippen LogP contribution in [0.1, 0.15) is 59.4 Å². The summed E-state index contributed by atoms with van der Waals surface area (Å²) in [6, 6.07) is 7.54. The largest absolute Gasteiger partial charge is 0.467 e. The van der Waals surface area contributed by atoms with E-state index in [0.29, 0.717) is 25.8 Å². The Bertz CT molecular complexity index is 921. The second-order valence-corrected chi connectivity index (χ2v) is 10.1. The van der Waals surface area contributed by atoms with Crippen molar-refractivity contribution < 1.29 is 23.9 Å². The van der Waals surface area contributed by atoms with Gasteiger partial charge < -0.3 is 14.4 Å². The van der Waals surface area contributed by atoms with Crippen LogP contribution in [-0.4, -0.2) is 65.2 Å². The molecule has 0 aromatic heterocycles. The number of carbonyl (C=O) groups excluding carboxylic acids is 3. The second-order valence-electron chi connectivity index (χ2n) is 10.1. The third kappa shape index (κ3) is 7.45. The number of hydrogen-bond acceptors (Lipinski definition) is 5. The summed E-state index contributed by atoms with van der Waals surface area (Å²) in [6.45, 7) is 13.7. The maximum Gasteiger partial charge on any atom is 0.410 e. The standard InChI is InChI=1S/C29H42N2O5/c1-8-11-17-23(10-3)31(24(27(33)35-7)20-21-15-13-12-14-16-21)26(32)25-22(9-2)18-19-30(25)28(34)36-29(4,5)6/h9,11-17,22-25H,2,8,10,18-20H2,1,3-7H3/b17-11+/t22-,23-,24+,25-/m1/s1. The van der Waals surface area contributed by atoms with Crippen LogP contribution in [0.2, 0.25) is 0 Å². The lowest BCUT2D eigenvalue weighted by Crippen LogP contribution is -2.58. The van der Waals surface area contributed by atoms with Crippen molar-refractivity contribution in [2.45, 2.75) is 84.0 Å². The summed E-state index contributed by atoms with van der Waals surface area (Å²) >= 11 is 0. The maximum absolute atomic E-state index is 14.4. The highest BCUT2D eigenvalue weighted by Gasteiger charge is 2.47. The molecule has 4 atom stereocenters. The van der Waals surface area contributed by atoms with Gasteiger partial charge in [0.2, 0.25) is 5.91 Å². The first-order valence-corrected chi connectivity index (χ1v) is 12.8. The summed E-state index contributed by atoms with van der Waals surface area (Å²) in [7, 11) is 1.33. The van der Waals surface area contributed by atoms with Gasteiger partial charge in [-0.15, -0.1) is 6.58 Å². The first-order chi connectivity index (χ1) is 17.1. The number of ether oxygens (including phenoxy) is 2. The SMILES string of the molecule is C=C[C@@H]1CCN(C(=O)OC(C)(C)C)[C@H]1C(=O)N([C@@H](/C=C/CC)CC)[C@@H](Cc1ccccc1)C(=O)OC. The van der Waals surface area contributed by atoms with Gasteiger partial charge in [0.05, 0.1) is 13.2 Å². The lowest BCUT2D eigenvalue weighted by atomic mass is 9.95. The molecule has 7 heteroatoms. The maximum atomic E-state index is 14.4. The predicted molar refractivity (Wildman–Crippen MR) is 141 cm³/mol. The van der Waals surface area contributed by atoms with Gasteiger partial charge in [-0.3, -0.25) is 9.69 Å². The Morgan fingerprint density at radius 1 is 1.19 bits per heavy atom. The molecule has 0 unspecified atom stereocenters. The summed E-state index contributed by atoms with van der Waals surface area (Å²) < 4.78 is 10.8. The molecular weight excluding hydrogens is 456 g/mol. The molecular formula is C29H42N2O5. The van der Waals surface area contributed by atoms with Crippen LogP contribution in [0.25, 0.3) is 0 Å². The Morgan fingerprint density at radius 3 is 2.39 bits per heavy atom. The molecule has 36 heavy (non-hydrogen) atoms. The Kier molecular flexibility index (Phi) is 10.8. The topological polar surface area (TPSA) is 76.2 Å². The summed E-state index contributed by atoms with van der Waals surface area (Å²) in [5, 5.41) is 0. The summed E-state index contributed by atoms with van der Waals surface area (Å²) in [5.41, 5.74) is 0.213. The molecule has 1 heterocycles. The van der Waals surface area contributed by atoms with Crippen LogP contribution in [0.15, 0.2) is 55.1 Å². The van der Waals surface area contributed by atoms with Gasteiger partial charge in [-0.1, -0.05) is 62.4 Å². The second kappa shape index (κ2) is 13.3. The van der Waals surface area contributed by atoms with Gasteiger partial charge in [-0.2, -0.15) is 0 Å². The third-order valence-corrected chi connectivity index (χ3v) is 6.33. The van der Waals surface area contributed by atoms with Crippen molar-refractivity contribution in [3.05, 3.63) is 60.7 Å². The molecule has 0 radical (unpaired) electrons. The Hall–Kier alpha value is -3.09. The van der Waals surface area contributed by atoms with E-state index in [9.17, 15) is 14.4 Å². The zero-order valence-corrected chi connectivity index (χ0v) is 22.6. The van der Waals surface area contributed by atoms with Crippen LogP contribution in [-0.2, 0) is 25.5 Å². The fourth-order valence-corrected chi connectivity index (χ4v) is 4.59. The van der Waals surface area contributed by atoms with Crippen LogP contribution >= 0.6 is 0 Å². The summed E-state index contributed by atoms with van der Waals surface area (Å²) in [5.74, 6) is -1.05. The van der Waals surface area contributed by atoms with Crippen molar-refractivity contribution in [3.8, 4) is 0 Å². The minimum Gasteiger partial charge on any atom is -0.467 e. The lowest BCUT2D eigenvalue weighted by molar-refractivity contribution is -0.156. The van der Waals surface area contributed by atoms with E-state index in [0.717, 1.165) is 12.0 Å². The highest BCUT2D eigenvalue weighted by atomic mass is 16.6. The number of methoxy groups -OCH3 is 1. The van der Waals surface area contributed by atoms with E-state index in [-0.39, 0.29) is 17.9 Å². The van der Waals surface area contributed by atoms with Crippen LogP contribution < -0.4 is 0 Å². The van der Waals surface area contributed by atoms with Gasteiger partial charge in [-0.05, 0) is 45.6 Å². The average Bonchev–Trinajstić information content (AvgIpc) is 3.29. The van der Waals surface area contributed by atoms with Crippen LogP contribution in [0, 0.1) is 5.92 Å². The molecule has 1 aromatic carbocycles. The third-order valence-electron chi connectivity index (χ3n) is 6.33. The number of rotatable bonds is 10. The van der Waals surface area contributed by atoms with Gasteiger partial charge in [0.1, 0.15) is 17.7 Å². The average molecular weight is 499 g/mol. The highest BCUT2D eigenvalue weighted by Crippen LogP contribution is 2.31. The van der Waals surface area contributed by atoms with E-state index in [2.05, 4.69) is 6.58 Å². The van der Waals surface area contributed by atoms with Crippen molar-refractivity contribution in [2.24, 2.45) is 5.92 Å². The lowest BCUT2D eigenvalue weighted by Gasteiger charge is -2.39. The van der Waals surface area contributed by atoms with Crippen LogP contribution in [0.4, 0.5) is 4.79 Å². The number of carbonyl (C=O) groups is 3. The highest BCUT2D eigenvalue weighted by molar-refractivity contribution is 5.91. The first kappa shape index (κ1) is 29.1. The number of nitrogens with zero attached hydrogens (tertiary/aromatic N) is 2. The zero-order valence-electron chi connectivity index (χ0n) is 22.6. The first-order valence-electron chi connectivity index (χ1n) is 12.8. The van der Waals surface area contributed by atoms with Crippen molar-refractivity contribution >= 4 is 18.0 Å². The van der Waals surface area contributed by atoms with Crippen molar-refractivity contribution in [1.29, 1.82) is 0 Å². The fraction of sp³-hybridized carbons (Fsp3) is 0.552. The van der Waals surface area contributed by atoms with Gasteiger partial charge >= 0.3 is 12.1 Å². The molecule has 0 N–H and O–H groups in total. The van der Waals surface area contributed by atoms with E-state index in [1.54, 1.807) is 31.7 Å². The van der Waals surface area contributed by atoms with Gasteiger partial charge in [0.15, 0.2) is 0 Å². The van der Waals surface area contributed by atoms with Gasteiger partial charge in [0, 0.05) is 18.9 Å². The molecule has 1 fully saturated rings. The van der Waals surface area contributed by atoms with Crippen molar-refractivity contribution in [3.63, 3.8) is 0 Å². The molecule has 1 aliphatic heterocycles. The Balaban J connectivity index is 2.57.